The Morgan fingerprint density at radius 2 is 2.04 bits per heavy atom. The average Bonchev–Trinajstić information content (AvgIpc) is 2.54. The zero-order valence-corrected chi connectivity index (χ0v) is 14.4. The first kappa shape index (κ1) is 17.4. The van der Waals surface area contributed by atoms with Gasteiger partial charge in [-0.2, -0.15) is 0 Å². The third-order valence-corrected chi connectivity index (χ3v) is 4.95. The molecule has 0 spiro atoms. The van der Waals surface area contributed by atoms with Gasteiger partial charge in [0.2, 0.25) is 0 Å². The van der Waals surface area contributed by atoms with Crippen molar-refractivity contribution in [1.82, 2.24) is 9.88 Å². The van der Waals surface area contributed by atoms with E-state index in [1.165, 1.54) is 0 Å². The first-order valence-corrected chi connectivity index (χ1v) is 8.22. The van der Waals surface area contributed by atoms with Crippen LogP contribution >= 0.6 is 0 Å². The molecular formula is C18H26N2O3. The summed E-state index contributed by atoms with van der Waals surface area (Å²) >= 11 is 0. The van der Waals surface area contributed by atoms with Crippen molar-refractivity contribution >= 4 is 11.9 Å². The van der Waals surface area contributed by atoms with Crippen molar-refractivity contribution < 1.29 is 14.7 Å². The molecule has 1 N–H and O–H groups in total. The molecule has 1 aromatic heterocycles. The number of carbonyl (C=O) groups excluding carboxylic acids is 1. The van der Waals surface area contributed by atoms with Gasteiger partial charge in [-0.3, -0.25) is 14.6 Å². The average molecular weight is 318 g/mol. The number of likely N-dealkylation sites (tertiary alicyclic amines) is 1. The Morgan fingerprint density at radius 1 is 1.35 bits per heavy atom. The van der Waals surface area contributed by atoms with Gasteiger partial charge in [0, 0.05) is 19.3 Å². The van der Waals surface area contributed by atoms with Gasteiger partial charge in [-0.05, 0) is 50.2 Å². The second-order valence-electron chi connectivity index (χ2n) is 7.25. The number of aliphatic carboxylic acids is 1. The molecule has 1 atom stereocenters. The Bertz CT molecular complexity index is 578. The highest BCUT2D eigenvalue weighted by Crippen LogP contribution is 2.34. The fourth-order valence-corrected chi connectivity index (χ4v) is 2.96. The smallest absolute Gasteiger partial charge is 0.309 e. The molecule has 1 amide bonds. The van der Waals surface area contributed by atoms with Gasteiger partial charge in [0.05, 0.1) is 5.41 Å². The van der Waals surface area contributed by atoms with Crippen molar-refractivity contribution in [2.45, 2.75) is 46.5 Å². The number of rotatable bonds is 4. The van der Waals surface area contributed by atoms with Crippen molar-refractivity contribution in [3.05, 3.63) is 29.6 Å². The number of aromatic nitrogens is 1. The summed E-state index contributed by atoms with van der Waals surface area (Å²) in [4.78, 5) is 30.1. The topological polar surface area (TPSA) is 70.5 Å². The summed E-state index contributed by atoms with van der Waals surface area (Å²) in [5, 5.41) is 9.40. The molecule has 1 saturated heterocycles. The van der Waals surface area contributed by atoms with Crippen LogP contribution in [0.4, 0.5) is 0 Å². The molecule has 126 valence electrons. The Balaban J connectivity index is 2.11. The van der Waals surface area contributed by atoms with Crippen molar-refractivity contribution in [3.8, 4) is 0 Å². The van der Waals surface area contributed by atoms with Crippen LogP contribution in [-0.4, -0.2) is 40.0 Å². The van der Waals surface area contributed by atoms with Gasteiger partial charge in [-0.1, -0.05) is 19.9 Å². The van der Waals surface area contributed by atoms with E-state index in [9.17, 15) is 14.7 Å². The summed E-state index contributed by atoms with van der Waals surface area (Å²) in [7, 11) is 0. The molecule has 1 fully saturated rings. The monoisotopic (exact) mass is 318 g/mol. The van der Waals surface area contributed by atoms with Crippen LogP contribution in [0.5, 0.6) is 0 Å². The van der Waals surface area contributed by atoms with E-state index < -0.39 is 11.4 Å². The molecule has 5 heteroatoms. The third kappa shape index (κ3) is 3.71. The van der Waals surface area contributed by atoms with Gasteiger partial charge in [-0.25, -0.2) is 0 Å². The van der Waals surface area contributed by atoms with Gasteiger partial charge in [-0.15, -0.1) is 0 Å². The first-order chi connectivity index (χ1) is 10.7. The van der Waals surface area contributed by atoms with E-state index >= 15 is 0 Å². The number of pyridine rings is 1. The van der Waals surface area contributed by atoms with E-state index in [1.54, 1.807) is 31.0 Å². The van der Waals surface area contributed by atoms with E-state index in [4.69, 9.17) is 0 Å². The number of carbonyl (C=O) groups is 2. The van der Waals surface area contributed by atoms with E-state index in [0.29, 0.717) is 24.7 Å². The Hall–Kier alpha value is -1.91. The molecule has 5 nitrogen and oxygen atoms in total. The summed E-state index contributed by atoms with van der Waals surface area (Å²) < 4.78 is 0. The minimum Gasteiger partial charge on any atom is -0.481 e. The summed E-state index contributed by atoms with van der Waals surface area (Å²) in [6.07, 6.45) is 3.42. The van der Waals surface area contributed by atoms with Crippen molar-refractivity contribution in [2.75, 3.05) is 13.1 Å². The van der Waals surface area contributed by atoms with Crippen LogP contribution in [0.15, 0.2) is 18.3 Å². The van der Waals surface area contributed by atoms with E-state index in [2.05, 4.69) is 18.8 Å². The highest BCUT2D eigenvalue weighted by atomic mass is 16.4. The van der Waals surface area contributed by atoms with Crippen LogP contribution < -0.4 is 0 Å². The van der Waals surface area contributed by atoms with Gasteiger partial charge >= 0.3 is 5.97 Å². The molecule has 0 bridgehead atoms. The van der Waals surface area contributed by atoms with E-state index in [0.717, 1.165) is 18.4 Å². The number of carboxylic acid groups (broad SMARTS) is 1. The molecule has 2 heterocycles. The molecule has 0 saturated carbocycles. The largest absolute Gasteiger partial charge is 0.481 e. The summed E-state index contributed by atoms with van der Waals surface area (Å²) in [5.74, 6) is -0.572. The van der Waals surface area contributed by atoms with Gasteiger partial charge in [0.15, 0.2) is 0 Å². The quantitative estimate of drug-likeness (QED) is 0.925. The van der Waals surface area contributed by atoms with Crippen LogP contribution in [0, 0.1) is 11.3 Å². The maximum Gasteiger partial charge on any atom is 0.309 e. The third-order valence-electron chi connectivity index (χ3n) is 4.95. The highest BCUT2D eigenvalue weighted by molar-refractivity contribution is 5.92. The highest BCUT2D eigenvalue weighted by Gasteiger charge is 2.40. The predicted octanol–water partition coefficient (Wildman–Crippen LogP) is 3.17. The second-order valence-corrected chi connectivity index (χ2v) is 7.25. The Morgan fingerprint density at radius 3 is 2.57 bits per heavy atom. The lowest BCUT2D eigenvalue weighted by molar-refractivity contribution is -0.151. The van der Waals surface area contributed by atoms with Crippen molar-refractivity contribution in [2.24, 2.45) is 11.3 Å². The molecule has 23 heavy (non-hydrogen) atoms. The predicted molar refractivity (Wildman–Crippen MR) is 88.4 cm³/mol. The van der Waals surface area contributed by atoms with Gasteiger partial charge in [0.1, 0.15) is 5.69 Å². The Labute approximate surface area is 137 Å². The lowest BCUT2D eigenvalue weighted by Crippen LogP contribution is -2.47. The van der Waals surface area contributed by atoms with Crippen molar-refractivity contribution in [3.63, 3.8) is 0 Å². The van der Waals surface area contributed by atoms with Crippen molar-refractivity contribution in [1.29, 1.82) is 0 Å². The standard InChI is InChI=1S/C18H26N2O3/c1-12(2)13-7-8-15(19-10-13)16(21)20-9-5-6-14(11-20)18(3,4)17(22)23/h7-8,10,12,14H,5-6,9,11H2,1-4H3,(H,22,23). The number of hydrogen-bond acceptors (Lipinski definition) is 3. The lowest BCUT2D eigenvalue weighted by atomic mass is 9.74. The fourth-order valence-electron chi connectivity index (χ4n) is 2.96. The van der Waals surface area contributed by atoms with Gasteiger partial charge in [0.25, 0.3) is 5.91 Å². The van der Waals surface area contributed by atoms with Crippen LogP contribution in [0.3, 0.4) is 0 Å². The van der Waals surface area contributed by atoms with Gasteiger partial charge < -0.3 is 10.0 Å². The number of piperidine rings is 1. The zero-order chi connectivity index (χ0) is 17.2. The molecule has 1 aliphatic heterocycles. The van der Waals surface area contributed by atoms with E-state index in [1.807, 2.05) is 6.07 Å². The first-order valence-electron chi connectivity index (χ1n) is 8.22. The molecule has 1 unspecified atom stereocenters. The number of amides is 1. The van der Waals surface area contributed by atoms with Crippen LogP contribution in [0.25, 0.3) is 0 Å². The molecule has 1 aliphatic rings. The minimum absolute atomic E-state index is 0.0346. The Kier molecular flexibility index (Phi) is 5.07. The molecule has 0 radical (unpaired) electrons. The van der Waals surface area contributed by atoms with Crippen LogP contribution in [-0.2, 0) is 4.79 Å². The normalized spacial score (nSPS) is 19.0. The summed E-state index contributed by atoms with van der Waals surface area (Å²) in [6, 6.07) is 3.71. The number of carboxylic acids is 1. The summed E-state index contributed by atoms with van der Waals surface area (Å²) in [6.45, 7) is 8.79. The number of nitrogens with zero attached hydrogens (tertiary/aromatic N) is 2. The zero-order valence-electron chi connectivity index (χ0n) is 14.4. The maximum absolute atomic E-state index is 12.6. The minimum atomic E-state index is -0.826. The number of hydrogen-bond donors (Lipinski definition) is 1. The molecular weight excluding hydrogens is 292 g/mol. The fraction of sp³-hybridized carbons (Fsp3) is 0.611. The van der Waals surface area contributed by atoms with Crippen LogP contribution in [0.1, 0.15) is 62.5 Å². The van der Waals surface area contributed by atoms with E-state index in [-0.39, 0.29) is 11.8 Å². The maximum atomic E-state index is 12.6. The molecule has 1 aromatic rings. The SMILES string of the molecule is CC(C)c1ccc(C(=O)N2CCCC(C(C)(C)C(=O)O)C2)nc1. The molecule has 2 rings (SSSR count). The second kappa shape index (κ2) is 6.69. The lowest BCUT2D eigenvalue weighted by Gasteiger charge is -2.39. The molecule has 0 aromatic carbocycles. The summed E-state index contributed by atoms with van der Waals surface area (Å²) in [5.41, 5.74) is 0.710. The van der Waals surface area contributed by atoms with Crippen LogP contribution in [0.2, 0.25) is 0 Å². The molecule has 0 aliphatic carbocycles.